The molecule has 0 spiro atoms. The molecule has 0 N–H and O–H groups in total. The third kappa shape index (κ3) is 3.01. The first kappa shape index (κ1) is 15.7. The third-order valence-electron chi connectivity index (χ3n) is 4.30. The molecule has 0 aliphatic heterocycles. The van der Waals surface area contributed by atoms with Crippen LogP contribution in [0.5, 0.6) is 0 Å². The van der Waals surface area contributed by atoms with Crippen LogP contribution in [0.15, 0.2) is 46.9 Å². The highest BCUT2D eigenvalue weighted by molar-refractivity contribution is 5.88. The van der Waals surface area contributed by atoms with Gasteiger partial charge in [0.15, 0.2) is 0 Å². The van der Waals surface area contributed by atoms with Crippen LogP contribution in [0.25, 0.3) is 22.5 Å². The molecule has 3 rings (SSSR count). The Bertz CT molecular complexity index is 817. The highest BCUT2D eigenvalue weighted by atomic mass is 16.3. The van der Waals surface area contributed by atoms with E-state index in [4.69, 9.17) is 4.42 Å². The fourth-order valence-electron chi connectivity index (χ4n) is 3.19. The molecule has 0 unspecified atom stereocenters. The average molecular weight is 305 g/mol. The maximum atomic E-state index is 6.11. The smallest absolute Gasteiger partial charge is 0.213 e. The van der Waals surface area contributed by atoms with Crippen molar-refractivity contribution in [2.24, 2.45) is 0 Å². The maximum Gasteiger partial charge on any atom is 0.361 e. The fraction of sp³-hybridized carbons (Fsp3) is 0.318. The Kier molecular flexibility index (Phi) is 3.75. The average Bonchev–Trinajstić information content (AvgIpc) is 2.71. The molecule has 23 heavy (non-hydrogen) atoms. The summed E-state index contributed by atoms with van der Waals surface area (Å²) in [6, 6.07) is 15.3. The predicted molar refractivity (Wildman–Crippen MR) is 98.1 cm³/mol. The van der Waals surface area contributed by atoms with Gasteiger partial charge in [-0.2, -0.15) is 0 Å². The van der Waals surface area contributed by atoms with Crippen molar-refractivity contribution >= 4 is 0 Å². The Morgan fingerprint density at radius 1 is 0.783 bits per heavy atom. The first-order chi connectivity index (χ1) is 10.8. The summed E-state index contributed by atoms with van der Waals surface area (Å²) < 4.78 is 6.11. The van der Waals surface area contributed by atoms with Gasteiger partial charge in [0.2, 0.25) is 0 Å². The topological polar surface area (TPSA) is 11.3 Å². The minimum Gasteiger partial charge on any atom is -0.213 e. The van der Waals surface area contributed by atoms with Crippen LogP contribution in [0.4, 0.5) is 0 Å². The van der Waals surface area contributed by atoms with Crippen LogP contribution in [-0.2, 0) is 5.41 Å². The van der Waals surface area contributed by atoms with Crippen molar-refractivity contribution in [3.63, 3.8) is 0 Å². The van der Waals surface area contributed by atoms with Gasteiger partial charge in [-0.1, -0.05) is 50.6 Å². The van der Waals surface area contributed by atoms with Crippen molar-refractivity contribution in [1.82, 2.24) is 0 Å². The van der Waals surface area contributed by atoms with Crippen LogP contribution in [0.1, 0.15) is 43.2 Å². The quantitative estimate of drug-likeness (QED) is 0.464. The van der Waals surface area contributed by atoms with Gasteiger partial charge in [0.05, 0.1) is 12.5 Å². The molecule has 0 saturated carbocycles. The number of hydrogen-bond acceptors (Lipinski definition) is 0. The van der Waals surface area contributed by atoms with Crippen LogP contribution in [0.3, 0.4) is 0 Å². The third-order valence-corrected chi connectivity index (χ3v) is 4.30. The van der Waals surface area contributed by atoms with Crippen molar-refractivity contribution < 1.29 is 4.42 Å². The lowest BCUT2D eigenvalue weighted by atomic mass is 9.85. The molecule has 2 aliphatic carbocycles. The Labute approximate surface area is 139 Å². The van der Waals surface area contributed by atoms with Crippen molar-refractivity contribution in [3.8, 4) is 22.5 Å². The zero-order valence-electron chi connectivity index (χ0n) is 14.9. The van der Waals surface area contributed by atoms with Gasteiger partial charge >= 0.3 is 11.5 Å². The molecule has 1 heteroatoms. The van der Waals surface area contributed by atoms with Crippen molar-refractivity contribution in [1.29, 1.82) is 0 Å². The normalized spacial score (nSPS) is 11.9. The van der Waals surface area contributed by atoms with E-state index in [2.05, 4.69) is 77.1 Å². The molecule has 0 aromatic carbocycles. The summed E-state index contributed by atoms with van der Waals surface area (Å²) in [5.74, 6) is 1.91. The van der Waals surface area contributed by atoms with E-state index in [0.29, 0.717) is 0 Å². The van der Waals surface area contributed by atoms with Gasteiger partial charge in [0, 0.05) is 12.1 Å². The van der Waals surface area contributed by atoms with Crippen molar-refractivity contribution in [3.05, 3.63) is 64.9 Å². The Morgan fingerprint density at radius 2 is 1.48 bits per heavy atom. The summed E-state index contributed by atoms with van der Waals surface area (Å²) in [7, 11) is 0. The minimum absolute atomic E-state index is 0.0646. The number of rotatable bonds is 1. The second-order valence-corrected chi connectivity index (χ2v) is 7.57. The largest absolute Gasteiger partial charge is 0.361 e. The van der Waals surface area contributed by atoms with E-state index in [1.807, 2.05) is 6.92 Å². The number of aryl methyl sites for hydroxylation is 3. The van der Waals surface area contributed by atoms with Gasteiger partial charge in [-0.25, -0.2) is 4.42 Å². The molecule has 2 aliphatic rings. The zero-order valence-corrected chi connectivity index (χ0v) is 14.9. The summed E-state index contributed by atoms with van der Waals surface area (Å²) in [4.78, 5) is 0. The van der Waals surface area contributed by atoms with E-state index < -0.39 is 0 Å². The van der Waals surface area contributed by atoms with Crippen molar-refractivity contribution in [2.75, 3.05) is 0 Å². The Morgan fingerprint density at radius 3 is 2.13 bits per heavy atom. The molecule has 0 saturated heterocycles. The highest BCUT2D eigenvalue weighted by Crippen LogP contribution is 2.44. The standard InChI is InChI=1S/C22H25O/c1-14-7-9-17-13-19(22(4,5)6)21(18(17)10-8-14)20-12-15(2)11-16(3)23-20/h7-13H,1-6H3/q+1. The van der Waals surface area contributed by atoms with E-state index in [-0.39, 0.29) is 5.41 Å². The van der Waals surface area contributed by atoms with E-state index in [0.717, 1.165) is 11.5 Å². The highest BCUT2D eigenvalue weighted by Gasteiger charge is 2.30. The first-order valence-corrected chi connectivity index (χ1v) is 8.21. The van der Waals surface area contributed by atoms with Gasteiger partial charge in [0.25, 0.3) is 0 Å². The van der Waals surface area contributed by atoms with Crippen LogP contribution < -0.4 is 0 Å². The fourth-order valence-corrected chi connectivity index (χ4v) is 3.19. The Hall–Kier alpha value is -2.15. The summed E-state index contributed by atoms with van der Waals surface area (Å²) >= 11 is 0. The molecule has 1 aromatic heterocycles. The van der Waals surface area contributed by atoms with Gasteiger partial charge in [0.1, 0.15) is 0 Å². The summed E-state index contributed by atoms with van der Waals surface area (Å²) in [6.45, 7) is 13.1. The van der Waals surface area contributed by atoms with Crippen LogP contribution in [-0.4, -0.2) is 0 Å². The van der Waals surface area contributed by atoms with E-state index >= 15 is 0 Å². The molecule has 118 valence electrons. The van der Waals surface area contributed by atoms with Gasteiger partial charge < -0.3 is 0 Å². The lowest BCUT2D eigenvalue weighted by molar-refractivity contribution is 0.525. The van der Waals surface area contributed by atoms with E-state index in [9.17, 15) is 0 Å². The van der Waals surface area contributed by atoms with Crippen LogP contribution in [0.2, 0.25) is 0 Å². The van der Waals surface area contributed by atoms with E-state index in [1.54, 1.807) is 0 Å². The second kappa shape index (κ2) is 5.49. The predicted octanol–water partition coefficient (Wildman–Crippen LogP) is 6.56. The molecule has 0 amide bonds. The molecule has 1 aromatic rings. The second-order valence-electron chi connectivity index (χ2n) is 7.57. The molecule has 0 fully saturated rings. The van der Waals surface area contributed by atoms with Crippen LogP contribution >= 0.6 is 0 Å². The summed E-state index contributed by atoms with van der Waals surface area (Å²) in [6.07, 6.45) is 0. The summed E-state index contributed by atoms with van der Waals surface area (Å²) in [5, 5.41) is 0. The molecule has 0 atom stereocenters. The lowest BCUT2D eigenvalue weighted by Crippen LogP contribution is -2.11. The van der Waals surface area contributed by atoms with Crippen LogP contribution in [0, 0.1) is 20.8 Å². The number of fused-ring (bicyclic) bond motifs is 1. The molecule has 0 bridgehead atoms. The number of hydrogen-bond donors (Lipinski definition) is 0. The monoisotopic (exact) mass is 305 g/mol. The van der Waals surface area contributed by atoms with Gasteiger partial charge in [-0.3, -0.25) is 0 Å². The molecular weight excluding hydrogens is 280 g/mol. The molecule has 0 radical (unpaired) electrons. The summed E-state index contributed by atoms with van der Waals surface area (Å²) in [5.41, 5.74) is 7.66. The van der Waals surface area contributed by atoms with E-state index in [1.165, 1.54) is 33.4 Å². The molecular formula is C22H25O+. The Balaban J connectivity index is 2.38. The lowest BCUT2D eigenvalue weighted by Gasteiger charge is -2.18. The SMILES string of the molecule is Cc1ccc2cc(C(C)(C)C)c(-c3cc(C)cc(C)[o+]3)c-2cc1. The minimum atomic E-state index is 0.0646. The zero-order chi connectivity index (χ0) is 16.8. The molecule has 1 heterocycles. The first-order valence-electron chi connectivity index (χ1n) is 8.21. The maximum absolute atomic E-state index is 6.11. The molecule has 1 nitrogen and oxygen atoms in total. The van der Waals surface area contributed by atoms with Gasteiger partial charge in [-0.05, 0) is 47.6 Å². The van der Waals surface area contributed by atoms with Crippen molar-refractivity contribution in [2.45, 2.75) is 47.0 Å². The van der Waals surface area contributed by atoms with Gasteiger partial charge in [-0.15, -0.1) is 0 Å².